The zero-order valence-corrected chi connectivity index (χ0v) is 8.62. The monoisotopic (exact) mass is 196 g/mol. The van der Waals surface area contributed by atoms with E-state index in [4.69, 9.17) is 4.74 Å². The highest BCUT2D eigenvalue weighted by Crippen LogP contribution is 2.21. The number of hydrogen-bond acceptors (Lipinski definition) is 3. The first-order valence-electron chi connectivity index (χ1n) is 4.82. The second kappa shape index (κ2) is 4.96. The van der Waals surface area contributed by atoms with Gasteiger partial charge in [0, 0.05) is 11.1 Å². The third kappa shape index (κ3) is 2.45. The van der Waals surface area contributed by atoms with E-state index in [1.54, 1.807) is 6.92 Å². The van der Waals surface area contributed by atoms with Crippen LogP contribution in [0, 0.1) is 0 Å². The Bertz CT molecular complexity index is 276. The normalized spacial score (nSPS) is 19.2. The van der Waals surface area contributed by atoms with Gasteiger partial charge in [0.25, 0.3) is 0 Å². The van der Waals surface area contributed by atoms with Gasteiger partial charge in [-0.25, -0.2) is 4.79 Å². The fourth-order valence-corrected chi connectivity index (χ4v) is 1.43. The molecule has 0 bridgehead atoms. The van der Waals surface area contributed by atoms with Crippen LogP contribution >= 0.6 is 0 Å². The third-order valence-corrected chi connectivity index (χ3v) is 2.39. The standard InChI is InChI=1S/C11H16O3/c1-3-4-5-6-10(12)9-7-14-11(13)8(9)2/h3-4,10,12H,5-7H2,1-2H3/b4-3+. The Morgan fingerprint density at radius 2 is 2.36 bits per heavy atom. The van der Waals surface area contributed by atoms with Crippen LogP contribution < -0.4 is 0 Å². The van der Waals surface area contributed by atoms with Crippen molar-refractivity contribution in [2.24, 2.45) is 0 Å². The molecule has 0 radical (unpaired) electrons. The van der Waals surface area contributed by atoms with Crippen LogP contribution in [0.15, 0.2) is 23.3 Å². The van der Waals surface area contributed by atoms with E-state index in [2.05, 4.69) is 0 Å². The summed E-state index contributed by atoms with van der Waals surface area (Å²) in [4.78, 5) is 11.0. The van der Waals surface area contributed by atoms with Crippen molar-refractivity contribution in [2.75, 3.05) is 6.61 Å². The van der Waals surface area contributed by atoms with Gasteiger partial charge in [-0.1, -0.05) is 12.2 Å². The lowest BCUT2D eigenvalue weighted by Gasteiger charge is -2.09. The Morgan fingerprint density at radius 3 is 2.86 bits per heavy atom. The van der Waals surface area contributed by atoms with Crippen molar-refractivity contribution in [1.82, 2.24) is 0 Å². The predicted molar refractivity (Wildman–Crippen MR) is 53.7 cm³/mol. The van der Waals surface area contributed by atoms with Crippen LogP contribution in [0.1, 0.15) is 26.7 Å². The molecule has 1 N–H and O–H groups in total. The van der Waals surface area contributed by atoms with Crippen LogP contribution in [0.2, 0.25) is 0 Å². The first-order chi connectivity index (χ1) is 6.66. The average molecular weight is 196 g/mol. The number of ether oxygens (including phenoxy) is 1. The number of rotatable bonds is 4. The van der Waals surface area contributed by atoms with Crippen molar-refractivity contribution >= 4 is 5.97 Å². The van der Waals surface area contributed by atoms with Gasteiger partial charge in [0.1, 0.15) is 6.61 Å². The van der Waals surface area contributed by atoms with E-state index < -0.39 is 6.10 Å². The van der Waals surface area contributed by atoms with Crippen LogP contribution in [0.5, 0.6) is 0 Å². The maximum Gasteiger partial charge on any atom is 0.334 e. The fourth-order valence-electron chi connectivity index (χ4n) is 1.43. The minimum absolute atomic E-state index is 0.252. The Labute approximate surface area is 84.1 Å². The Kier molecular flexibility index (Phi) is 3.89. The van der Waals surface area contributed by atoms with Crippen molar-refractivity contribution in [3.8, 4) is 0 Å². The van der Waals surface area contributed by atoms with Gasteiger partial charge in [0.05, 0.1) is 6.10 Å². The number of hydrogen-bond donors (Lipinski definition) is 1. The first kappa shape index (κ1) is 11.0. The SMILES string of the molecule is C/C=C/CCC(O)C1=C(C)C(=O)OC1. The summed E-state index contributed by atoms with van der Waals surface area (Å²) in [5.41, 5.74) is 1.30. The molecule has 0 spiro atoms. The highest BCUT2D eigenvalue weighted by Gasteiger charge is 2.25. The van der Waals surface area contributed by atoms with E-state index in [-0.39, 0.29) is 12.6 Å². The molecule has 1 heterocycles. The fraction of sp³-hybridized carbons (Fsp3) is 0.545. The lowest BCUT2D eigenvalue weighted by molar-refractivity contribution is -0.135. The van der Waals surface area contributed by atoms with Gasteiger partial charge < -0.3 is 9.84 Å². The summed E-state index contributed by atoms with van der Waals surface area (Å²) < 4.78 is 4.81. The van der Waals surface area contributed by atoms with Crippen molar-refractivity contribution in [3.05, 3.63) is 23.3 Å². The molecule has 78 valence electrons. The summed E-state index contributed by atoms with van der Waals surface area (Å²) >= 11 is 0. The molecule has 0 aromatic rings. The highest BCUT2D eigenvalue weighted by molar-refractivity contribution is 5.91. The van der Waals surface area contributed by atoms with Crippen molar-refractivity contribution in [3.63, 3.8) is 0 Å². The Hall–Kier alpha value is -1.09. The maximum atomic E-state index is 11.0. The zero-order valence-electron chi connectivity index (χ0n) is 8.62. The maximum absolute atomic E-state index is 11.0. The predicted octanol–water partition coefficient (Wildman–Crippen LogP) is 1.58. The summed E-state index contributed by atoms with van der Waals surface area (Å²) in [6.45, 7) is 3.89. The molecule has 1 atom stereocenters. The molecule has 1 unspecified atom stereocenters. The number of aliphatic hydroxyl groups excluding tert-OH is 1. The molecular weight excluding hydrogens is 180 g/mol. The van der Waals surface area contributed by atoms with Crippen molar-refractivity contribution in [1.29, 1.82) is 0 Å². The van der Waals surface area contributed by atoms with Crippen LogP contribution in [-0.4, -0.2) is 23.8 Å². The second-order valence-corrected chi connectivity index (χ2v) is 3.39. The molecule has 0 aliphatic carbocycles. The van der Waals surface area contributed by atoms with E-state index in [0.29, 0.717) is 12.0 Å². The molecular formula is C11H16O3. The summed E-state index contributed by atoms with van der Waals surface area (Å²) in [5.74, 6) is -0.301. The molecule has 0 amide bonds. The average Bonchev–Trinajstić information content (AvgIpc) is 2.48. The molecule has 0 fully saturated rings. The molecule has 1 aliphatic rings. The summed E-state index contributed by atoms with van der Waals surface area (Å²) in [6, 6.07) is 0. The van der Waals surface area contributed by atoms with Crippen molar-refractivity contribution in [2.45, 2.75) is 32.8 Å². The van der Waals surface area contributed by atoms with Gasteiger partial charge in [-0.15, -0.1) is 0 Å². The summed E-state index contributed by atoms with van der Waals surface area (Å²) in [5, 5.41) is 9.74. The minimum Gasteiger partial charge on any atom is -0.458 e. The molecule has 1 rings (SSSR count). The van der Waals surface area contributed by atoms with Crippen LogP contribution in [-0.2, 0) is 9.53 Å². The van der Waals surface area contributed by atoms with E-state index in [9.17, 15) is 9.90 Å². The molecule has 3 heteroatoms. The number of cyclic esters (lactones) is 1. The van der Waals surface area contributed by atoms with Gasteiger partial charge in [-0.05, 0) is 26.7 Å². The molecule has 0 aromatic carbocycles. The van der Waals surface area contributed by atoms with Gasteiger partial charge in [0.15, 0.2) is 0 Å². The van der Waals surface area contributed by atoms with E-state index >= 15 is 0 Å². The molecule has 0 saturated carbocycles. The molecule has 0 saturated heterocycles. The molecule has 0 aromatic heterocycles. The lowest BCUT2D eigenvalue weighted by atomic mass is 10.0. The third-order valence-electron chi connectivity index (χ3n) is 2.39. The van der Waals surface area contributed by atoms with E-state index in [1.807, 2.05) is 19.1 Å². The minimum atomic E-state index is -0.544. The number of carbonyl (C=O) groups excluding carboxylic acids is 1. The van der Waals surface area contributed by atoms with Gasteiger partial charge in [-0.2, -0.15) is 0 Å². The first-order valence-corrected chi connectivity index (χ1v) is 4.82. The number of carbonyl (C=O) groups is 1. The van der Waals surface area contributed by atoms with E-state index in [0.717, 1.165) is 12.0 Å². The Morgan fingerprint density at radius 1 is 1.64 bits per heavy atom. The number of aliphatic hydroxyl groups is 1. The van der Waals surface area contributed by atoms with Crippen LogP contribution in [0.3, 0.4) is 0 Å². The van der Waals surface area contributed by atoms with Crippen LogP contribution in [0.25, 0.3) is 0 Å². The van der Waals surface area contributed by atoms with E-state index in [1.165, 1.54) is 0 Å². The van der Waals surface area contributed by atoms with Gasteiger partial charge in [-0.3, -0.25) is 0 Å². The Balaban J connectivity index is 2.52. The summed E-state index contributed by atoms with van der Waals surface area (Å²) in [7, 11) is 0. The largest absolute Gasteiger partial charge is 0.458 e. The second-order valence-electron chi connectivity index (χ2n) is 3.39. The zero-order chi connectivity index (χ0) is 10.6. The quantitative estimate of drug-likeness (QED) is 0.548. The highest BCUT2D eigenvalue weighted by atomic mass is 16.5. The molecule has 3 nitrogen and oxygen atoms in total. The lowest BCUT2D eigenvalue weighted by Crippen LogP contribution is -2.12. The molecule has 14 heavy (non-hydrogen) atoms. The van der Waals surface area contributed by atoms with Gasteiger partial charge in [0.2, 0.25) is 0 Å². The topological polar surface area (TPSA) is 46.5 Å². The van der Waals surface area contributed by atoms with Gasteiger partial charge >= 0.3 is 5.97 Å². The smallest absolute Gasteiger partial charge is 0.334 e. The van der Waals surface area contributed by atoms with Crippen molar-refractivity contribution < 1.29 is 14.6 Å². The number of allylic oxidation sites excluding steroid dienone is 2. The number of esters is 1. The molecule has 1 aliphatic heterocycles. The van der Waals surface area contributed by atoms with Crippen LogP contribution in [0.4, 0.5) is 0 Å². The summed E-state index contributed by atoms with van der Waals surface area (Å²) in [6.07, 6.45) is 4.87.